The summed E-state index contributed by atoms with van der Waals surface area (Å²) in [5.74, 6) is 3.46. The Morgan fingerprint density at radius 2 is 1.97 bits per heavy atom. The lowest BCUT2D eigenvalue weighted by molar-refractivity contribution is -0.132. The first kappa shape index (κ1) is 21.8. The molecule has 1 aromatic heterocycles. The van der Waals surface area contributed by atoms with Gasteiger partial charge in [-0.3, -0.25) is 9.69 Å². The van der Waals surface area contributed by atoms with Gasteiger partial charge < -0.3 is 19.7 Å². The van der Waals surface area contributed by atoms with Crippen LogP contribution in [0.2, 0.25) is 0 Å². The molecule has 2 aliphatic heterocycles. The van der Waals surface area contributed by atoms with Gasteiger partial charge in [-0.15, -0.1) is 0 Å². The molecule has 8 nitrogen and oxygen atoms in total. The standard InChI is InChI=1S/C25H33N5O3/c1-16-9-11-29(12-10-16)18-7-8-19(20(13-18)32-4)27-24-26-14-21-22(28-24)30(15-17-5-6-17)23(31)25(2,3)33-21/h7-8,13-14,16-17H,5-6,9-12,15H2,1-4H3,(H,26,27,28). The van der Waals surface area contributed by atoms with Crippen molar-refractivity contribution < 1.29 is 14.3 Å². The van der Waals surface area contributed by atoms with E-state index in [1.54, 1.807) is 32.1 Å². The second-order valence-corrected chi connectivity index (χ2v) is 10.0. The molecule has 3 heterocycles. The molecule has 1 aliphatic carbocycles. The summed E-state index contributed by atoms with van der Waals surface area (Å²) < 4.78 is 11.6. The van der Waals surface area contributed by atoms with Gasteiger partial charge in [0, 0.05) is 31.4 Å². The normalized spacial score (nSPS) is 20.3. The van der Waals surface area contributed by atoms with Crippen molar-refractivity contribution in [3.63, 3.8) is 0 Å². The first-order valence-corrected chi connectivity index (χ1v) is 11.9. The predicted octanol–water partition coefficient (Wildman–Crippen LogP) is 4.38. The molecule has 0 unspecified atom stereocenters. The van der Waals surface area contributed by atoms with Gasteiger partial charge in [-0.2, -0.15) is 4.98 Å². The fraction of sp³-hybridized carbons (Fsp3) is 0.560. The molecule has 1 N–H and O–H groups in total. The van der Waals surface area contributed by atoms with E-state index in [1.807, 2.05) is 6.07 Å². The monoisotopic (exact) mass is 451 g/mol. The zero-order chi connectivity index (χ0) is 23.2. The van der Waals surface area contributed by atoms with Gasteiger partial charge in [0.25, 0.3) is 5.91 Å². The molecule has 2 aromatic rings. The minimum atomic E-state index is -0.925. The second-order valence-electron chi connectivity index (χ2n) is 10.0. The summed E-state index contributed by atoms with van der Waals surface area (Å²) in [6.45, 7) is 8.69. The topological polar surface area (TPSA) is 79.8 Å². The maximum Gasteiger partial charge on any atom is 0.271 e. The van der Waals surface area contributed by atoms with E-state index in [2.05, 4.69) is 39.2 Å². The summed E-state index contributed by atoms with van der Waals surface area (Å²) in [5.41, 5.74) is 1.02. The first-order valence-electron chi connectivity index (χ1n) is 11.9. The summed E-state index contributed by atoms with van der Waals surface area (Å²) >= 11 is 0. The van der Waals surface area contributed by atoms with E-state index in [1.165, 1.54) is 12.8 Å². The fourth-order valence-electron chi connectivity index (χ4n) is 4.52. The number of hydrogen-bond donors (Lipinski definition) is 1. The smallest absolute Gasteiger partial charge is 0.271 e. The van der Waals surface area contributed by atoms with E-state index in [-0.39, 0.29) is 5.91 Å². The summed E-state index contributed by atoms with van der Waals surface area (Å²) in [6, 6.07) is 6.17. The molecule has 3 aliphatic rings. The zero-order valence-electron chi connectivity index (χ0n) is 19.9. The van der Waals surface area contributed by atoms with Crippen molar-refractivity contribution in [3.8, 4) is 11.5 Å². The Hall–Kier alpha value is -3.03. The molecule has 0 atom stereocenters. The molecule has 0 bridgehead atoms. The van der Waals surface area contributed by atoms with E-state index >= 15 is 0 Å². The van der Waals surface area contributed by atoms with Crippen molar-refractivity contribution in [2.45, 2.75) is 52.1 Å². The highest BCUT2D eigenvalue weighted by molar-refractivity contribution is 6.01. The molecule has 5 rings (SSSR count). The van der Waals surface area contributed by atoms with Crippen LogP contribution in [-0.4, -0.2) is 48.2 Å². The zero-order valence-corrected chi connectivity index (χ0v) is 19.9. The molecule has 1 saturated carbocycles. The molecule has 176 valence electrons. The molecule has 1 aromatic carbocycles. The van der Waals surface area contributed by atoms with Crippen LogP contribution in [0.4, 0.5) is 23.1 Å². The number of aromatic nitrogens is 2. The molecule has 8 heteroatoms. The highest BCUT2D eigenvalue weighted by Crippen LogP contribution is 2.40. The lowest BCUT2D eigenvalue weighted by atomic mass is 9.99. The van der Waals surface area contributed by atoms with Crippen molar-refractivity contribution in [3.05, 3.63) is 24.4 Å². The third-order valence-corrected chi connectivity index (χ3v) is 6.84. The van der Waals surface area contributed by atoms with Gasteiger partial charge in [-0.25, -0.2) is 4.98 Å². The number of piperidine rings is 1. The van der Waals surface area contributed by atoms with Crippen molar-refractivity contribution in [1.82, 2.24) is 9.97 Å². The van der Waals surface area contributed by atoms with Crippen LogP contribution >= 0.6 is 0 Å². The number of anilines is 4. The summed E-state index contributed by atoms with van der Waals surface area (Å²) in [6.07, 6.45) is 6.36. The number of ether oxygens (including phenoxy) is 2. The maximum absolute atomic E-state index is 13.0. The molecule has 1 amide bonds. The van der Waals surface area contributed by atoms with Gasteiger partial charge in [-0.1, -0.05) is 6.92 Å². The van der Waals surface area contributed by atoms with E-state index in [0.717, 1.165) is 49.0 Å². The van der Waals surface area contributed by atoms with Crippen molar-refractivity contribution in [2.75, 3.05) is 41.9 Å². The van der Waals surface area contributed by atoms with Crippen LogP contribution in [0.25, 0.3) is 0 Å². The molecule has 0 spiro atoms. The third-order valence-electron chi connectivity index (χ3n) is 6.84. The Kier molecular flexibility index (Phi) is 5.54. The lowest BCUT2D eigenvalue weighted by Crippen LogP contribution is -2.53. The number of nitrogens with one attached hydrogen (secondary N) is 1. The SMILES string of the molecule is COc1cc(N2CCC(C)CC2)ccc1Nc1ncc2c(n1)N(CC1CC1)C(=O)C(C)(C)O2. The van der Waals surface area contributed by atoms with Crippen LogP contribution in [0, 0.1) is 11.8 Å². The average molecular weight is 452 g/mol. The average Bonchev–Trinajstić information content (AvgIpc) is 3.62. The van der Waals surface area contributed by atoms with E-state index < -0.39 is 5.60 Å². The van der Waals surface area contributed by atoms with Gasteiger partial charge in [0.15, 0.2) is 17.2 Å². The van der Waals surface area contributed by atoms with Crippen LogP contribution in [0.15, 0.2) is 24.4 Å². The number of hydrogen-bond acceptors (Lipinski definition) is 7. The molecule has 0 radical (unpaired) electrons. The Balaban J connectivity index is 1.39. The summed E-state index contributed by atoms with van der Waals surface area (Å²) in [5, 5.41) is 3.28. The van der Waals surface area contributed by atoms with Gasteiger partial charge in [-0.05, 0) is 63.5 Å². The van der Waals surface area contributed by atoms with Crippen molar-refractivity contribution in [2.24, 2.45) is 11.8 Å². The second kappa shape index (κ2) is 8.39. The molecule has 33 heavy (non-hydrogen) atoms. The van der Waals surface area contributed by atoms with Gasteiger partial charge >= 0.3 is 0 Å². The van der Waals surface area contributed by atoms with Crippen LogP contribution in [-0.2, 0) is 4.79 Å². The summed E-state index contributed by atoms with van der Waals surface area (Å²) in [4.78, 5) is 26.3. The quantitative estimate of drug-likeness (QED) is 0.698. The van der Waals surface area contributed by atoms with Crippen molar-refractivity contribution in [1.29, 1.82) is 0 Å². The highest BCUT2D eigenvalue weighted by Gasteiger charge is 2.44. The molecule has 1 saturated heterocycles. The summed E-state index contributed by atoms with van der Waals surface area (Å²) in [7, 11) is 1.67. The van der Waals surface area contributed by atoms with Crippen LogP contribution in [0.1, 0.15) is 46.5 Å². The van der Waals surface area contributed by atoms with E-state index in [0.29, 0.717) is 30.0 Å². The number of benzene rings is 1. The van der Waals surface area contributed by atoms with Gasteiger partial charge in [0.05, 0.1) is 19.0 Å². The van der Waals surface area contributed by atoms with Crippen molar-refractivity contribution >= 4 is 29.0 Å². The lowest BCUT2D eigenvalue weighted by Gasteiger charge is -2.37. The van der Waals surface area contributed by atoms with Crippen LogP contribution < -0.4 is 24.6 Å². The van der Waals surface area contributed by atoms with E-state index in [4.69, 9.17) is 9.47 Å². The van der Waals surface area contributed by atoms with Crippen LogP contribution in [0.5, 0.6) is 11.5 Å². The van der Waals surface area contributed by atoms with Crippen LogP contribution in [0.3, 0.4) is 0 Å². The minimum Gasteiger partial charge on any atom is -0.494 e. The number of carbonyl (C=O) groups is 1. The van der Waals surface area contributed by atoms with Gasteiger partial charge in [0.1, 0.15) is 5.75 Å². The maximum atomic E-state index is 13.0. The fourth-order valence-corrected chi connectivity index (χ4v) is 4.52. The number of nitrogens with zero attached hydrogens (tertiary/aromatic N) is 4. The molecule has 2 fully saturated rings. The number of rotatable bonds is 6. The number of carbonyl (C=O) groups excluding carboxylic acids is 1. The Morgan fingerprint density at radius 3 is 2.67 bits per heavy atom. The minimum absolute atomic E-state index is 0.0654. The largest absolute Gasteiger partial charge is 0.494 e. The number of fused-ring (bicyclic) bond motifs is 1. The number of amides is 1. The predicted molar refractivity (Wildman–Crippen MR) is 129 cm³/mol. The molecular weight excluding hydrogens is 418 g/mol. The highest BCUT2D eigenvalue weighted by atomic mass is 16.5. The Morgan fingerprint density at radius 1 is 1.21 bits per heavy atom. The third kappa shape index (κ3) is 4.43. The Labute approximate surface area is 195 Å². The van der Waals surface area contributed by atoms with Gasteiger partial charge in [0.2, 0.25) is 5.95 Å². The first-order chi connectivity index (χ1) is 15.8. The van der Waals surface area contributed by atoms with E-state index in [9.17, 15) is 4.79 Å². The Bertz CT molecular complexity index is 1040. The molecular formula is C25H33N5O3. The number of methoxy groups -OCH3 is 1.